The maximum absolute atomic E-state index is 9.91. The van der Waals surface area contributed by atoms with Crippen molar-refractivity contribution >= 4 is 26.8 Å². The van der Waals surface area contributed by atoms with Gasteiger partial charge in [0.2, 0.25) is 0 Å². The third-order valence-electron chi connectivity index (χ3n) is 3.72. The number of nitrogens with zero attached hydrogens (tertiary/aromatic N) is 2. The zero-order valence-corrected chi connectivity index (χ0v) is 12.4. The number of pyridine rings is 1. The summed E-state index contributed by atoms with van der Waals surface area (Å²) in [7, 11) is 0. The summed E-state index contributed by atoms with van der Waals surface area (Å²) < 4.78 is 0.971. The molecule has 2 heterocycles. The van der Waals surface area contributed by atoms with E-state index in [1.54, 1.807) is 6.07 Å². The average molecular weight is 321 g/mol. The van der Waals surface area contributed by atoms with E-state index in [-0.39, 0.29) is 5.75 Å². The molecule has 1 N–H and O–H groups in total. The van der Waals surface area contributed by atoms with Gasteiger partial charge >= 0.3 is 0 Å². The number of aromatic hydroxyl groups is 1. The molecule has 0 bridgehead atoms. The lowest BCUT2D eigenvalue weighted by Gasteiger charge is -2.14. The number of likely N-dealkylation sites (tertiary alicyclic amines) is 1. The fourth-order valence-electron chi connectivity index (χ4n) is 2.63. The molecular formula is C15H17BrN2O. The van der Waals surface area contributed by atoms with Gasteiger partial charge in [0.15, 0.2) is 0 Å². The highest BCUT2D eigenvalue weighted by atomic mass is 79.9. The Labute approximate surface area is 121 Å². The molecule has 2 aromatic rings. The van der Waals surface area contributed by atoms with Crippen LogP contribution in [0.4, 0.5) is 0 Å². The molecule has 1 saturated heterocycles. The molecule has 0 unspecified atom stereocenters. The monoisotopic (exact) mass is 320 g/mol. The summed E-state index contributed by atoms with van der Waals surface area (Å²) in [5.74, 6) is 0.251. The maximum Gasteiger partial charge on any atom is 0.141 e. The highest BCUT2D eigenvalue weighted by Crippen LogP contribution is 2.29. The minimum absolute atomic E-state index is 0.251. The molecule has 0 spiro atoms. The lowest BCUT2D eigenvalue weighted by atomic mass is 10.1. The van der Waals surface area contributed by atoms with Crippen molar-refractivity contribution in [2.75, 3.05) is 19.6 Å². The van der Waals surface area contributed by atoms with Crippen molar-refractivity contribution in [2.24, 2.45) is 0 Å². The van der Waals surface area contributed by atoms with Crippen LogP contribution < -0.4 is 0 Å². The van der Waals surface area contributed by atoms with Crippen molar-refractivity contribution in [1.82, 2.24) is 9.88 Å². The number of benzene rings is 1. The third-order valence-corrected chi connectivity index (χ3v) is 4.41. The van der Waals surface area contributed by atoms with E-state index in [0.717, 1.165) is 28.5 Å². The topological polar surface area (TPSA) is 36.4 Å². The summed E-state index contributed by atoms with van der Waals surface area (Å²) in [4.78, 5) is 7.07. The van der Waals surface area contributed by atoms with Crippen molar-refractivity contribution in [2.45, 2.75) is 19.3 Å². The molecule has 1 aliphatic heterocycles. The molecule has 1 aromatic heterocycles. The molecule has 3 rings (SSSR count). The Morgan fingerprint density at radius 1 is 1.16 bits per heavy atom. The maximum atomic E-state index is 9.91. The summed E-state index contributed by atoms with van der Waals surface area (Å²) >= 11 is 3.49. The Kier molecular flexibility index (Phi) is 3.71. The first-order chi connectivity index (χ1) is 9.24. The number of hydrogen-bond donors (Lipinski definition) is 1. The molecule has 0 atom stereocenters. The van der Waals surface area contributed by atoms with Gasteiger partial charge in [-0.05, 0) is 50.2 Å². The smallest absolute Gasteiger partial charge is 0.141 e. The van der Waals surface area contributed by atoms with Gasteiger partial charge in [-0.1, -0.05) is 15.9 Å². The van der Waals surface area contributed by atoms with E-state index >= 15 is 0 Å². The molecule has 100 valence electrons. The molecule has 1 aromatic carbocycles. The summed E-state index contributed by atoms with van der Waals surface area (Å²) in [5, 5.41) is 10.9. The first-order valence-electron chi connectivity index (χ1n) is 6.73. The quantitative estimate of drug-likeness (QED) is 0.942. The summed E-state index contributed by atoms with van der Waals surface area (Å²) in [5.41, 5.74) is 1.74. The van der Waals surface area contributed by atoms with Gasteiger partial charge < -0.3 is 10.0 Å². The molecule has 19 heavy (non-hydrogen) atoms. The predicted octanol–water partition coefficient (Wildman–Crippen LogP) is 3.34. The fraction of sp³-hybridized carbons (Fsp3) is 0.400. The molecule has 3 nitrogen and oxygen atoms in total. The minimum atomic E-state index is 0.251. The van der Waals surface area contributed by atoms with Gasteiger partial charge in [-0.3, -0.25) is 0 Å². The molecule has 4 heteroatoms. The second-order valence-corrected chi connectivity index (χ2v) is 5.92. The number of fused-ring (bicyclic) bond motifs is 1. The number of rotatable bonds is 3. The van der Waals surface area contributed by atoms with Crippen LogP contribution in [-0.2, 0) is 6.42 Å². The van der Waals surface area contributed by atoms with Gasteiger partial charge in [-0.15, -0.1) is 0 Å². The Morgan fingerprint density at radius 2 is 1.95 bits per heavy atom. The fourth-order valence-corrected chi connectivity index (χ4v) is 3.08. The van der Waals surface area contributed by atoms with Crippen LogP contribution in [-0.4, -0.2) is 34.6 Å². The standard InChI is InChI=1S/C15H17BrN2O/c16-13-5-6-14(19)15-12(13)4-3-11(17-15)7-10-18-8-1-2-9-18/h3-6,19H,1-2,7-10H2. The lowest BCUT2D eigenvalue weighted by Crippen LogP contribution is -2.22. The summed E-state index contributed by atoms with van der Waals surface area (Å²) in [6.45, 7) is 3.49. The molecule has 1 fully saturated rings. The zero-order valence-electron chi connectivity index (χ0n) is 10.8. The van der Waals surface area contributed by atoms with Crippen molar-refractivity contribution in [1.29, 1.82) is 0 Å². The van der Waals surface area contributed by atoms with Crippen LogP contribution in [0.2, 0.25) is 0 Å². The first kappa shape index (κ1) is 12.9. The van der Waals surface area contributed by atoms with Gasteiger partial charge in [-0.2, -0.15) is 0 Å². The Bertz CT molecular complexity index is 594. The lowest BCUT2D eigenvalue weighted by molar-refractivity contribution is 0.342. The van der Waals surface area contributed by atoms with E-state index in [4.69, 9.17) is 0 Å². The van der Waals surface area contributed by atoms with E-state index in [0.29, 0.717) is 5.52 Å². The number of phenolic OH excluding ortho intramolecular Hbond substituents is 1. The van der Waals surface area contributed by atoms with Gasteiger partial charge in [0, 0.05) is 28.5 Å². The van der Waals surface area contributed by atoms with E-state index in [1.165, 1.54) is 25.9 Å². The molecule has 0 radical (unpaired) electrons. The Morgan fingerprint density at radius 3 is 2.74 bits per heavy atom. The number of halogens is 1. The number of aromatic nitrogens is 1. The highest BCUT2D eigenvalue weighted by molar-refractivity contribution is 9.10. The van der Waals surface area contributed by atoms with Crippen LogP contribution in [0.25, 0.3) is 10.9 Å². The number of hydrogen-bond acceptors (Lipinski definition) is 3. The molecule has 0 aliphatic carbocycles. The Balaban J connectivity index is 1.82. The van der Waals surface area contributed by atoms with Crippen molar-refractivity contribution in [3.8, 4) is 5.75 Å². The zero-order chi connectivity index (χ0) is 13.2. The van der Waals surface area contributed by atoms with E-state index in [9.17, 15) is 5.11 Å². The molecular weight excluding hydrogens is 304 g/mol. The minimum Gasteiger partial charge on any atom is -0.506 e. The van der Waals surface area contributed by atoms with E-state index < -0.39 is 0 Å². The van der Waals surface area contributed by atoms with Gasteiger partial charge in [0.25, 0.3) is 0 Å². The van der Waals surface area contributed by atoms with Crippen LogP contribution in [0, 0.1) is 0 Å². The second kappa shape index (κ2) is 5.47. The van der Waals surface area contributed by atoms with Crippen LogP contribution in [0.1, 0.15) is 18.5 Å². The third kappa shape index (κ3) is 2.74. The van der Waals surface area contributed by atoms with E-state index in [1.807, 2.05) is 12.1 Å². The van der Waals surface area contributed by atoms with Crippen LogP contribution in [0.5, 0.6) is 5.75 Å². The molecule has 0 amide bonds. The van der Waals surface area contributed by atoms with Crippen molar-refractivity contribution in [3.05, 3.63) is 34.4 Å². The van der Waals surface area contributed by atoms with Crippen LogP contribution in [0.3, 0.4) is 0 Å². The largest absolute Gasteiger partial charge is 0.506 e. The van der Waals surface area contributed by atoms with Gasteiger partial charge in [0.1, 0.15) is 11.3 Å². The highest BCUT2D eigenvalue weighted by Gasteiger charge is 2.12. The SMILES string of the molecule is Oc1ccc(Br)c2ccc(CCN3CCCC3)nc12. The summed E-state index contributed by atoms with van der Waals surface area (Å²) in [6.07, 6.45) is 3.58. The number of phenols is 1. The van der Waals surface area contributed by atoms with Gasteiger partial charge in [-0.25, -0.2) is 4.98 Å². The van der Waals surface area contributed by atoms with Crippen molar-refractivity contribution in [3.63, 3.8) is 0 Å². The van der Waals surface area contributed by atoms with E-state index in [2.05, 4.69) is 31.9 Å². The van der Waals surface area contributed by atoms with Crippen LogP contribution >= 0.6 is 15.9 Å². The molecule has 1 aliphatic rings. The summed E-state index contributed by atoms with van der Waals surface area (Å²) in [6, 6.07) is 7.63. The Hall–Kier alpha value is -1.13. The predicted molar refractivity (Wildman–Crippen MR) is 80.5 cm³/mol. The first-order valence-corrected chi connectivity index (χ1v) is 7.53. The van der Waals surface area contributed by atoms with Crippen LogP contribution in [0.15, 0.2) is 28.7 Å². The second-order valence-electron chi connectivity index (χ2n) is 5.06. The van der Waals surface area contributed by atoms with Crippen molar-refractivity contribution < 1.29 is 5.11 Å². The molecule has 0 saturated carbocycles. The average Bonchev–Trinajstić information content (AvgIpc) is 2.94. The van der Waals surface area contributed by atoms with Gasteiger partial charge in [0.05, 0.1) is 0 Å². The normalized spacial score (nSPS) is 16.3.